The molecule has 31 heavy (non-hydrogen) atoms. The molecule has 0 aliphatic rings. The maximum absolute atomic E-state index is 13.7. The lowest BCUT2D eigenvalue weighted by atomic mass is 9.68. The number of Topliss-reactive ketones (excluding diaryl/α,β-unsaturated/α-hetero) is 4. The van der Waals surface area contributed by atoms with Crippen LogP contribution in [-0.4, -0.2) is 23.1 Å². The number of carbonyl (C=O) groups is 4. The van der Waals surface area contributed by atoms with E-state index in [1.807, 2.05) is 72.8 Å². The zero-order chi connectivity index (χ0) is 22.2. The van der Waals surface area contributed by atoms with Crippen LogP contribution in [0.2, 0.25) is 0 Å². The van der Waals surface area contributed by atoms with Gasteiger partial charge in [-0.3, -0.25) is 19.2 Å². The van der Waals surface area contributed by atoms with Crippen molar-refractivity contribution in [2.45, 2.75) is 19.3 Å². The van der Waals surface area contributed by atoms with E-state index in [1.54, 1.807) is 19.1 Å². The fraction of sp³-hybridized carbons (Fsp3) is 0.111. The third kappa shape index (κ3) is 3.26. The van der Waals surface area contributed by atoms with Gasteiger partial charge in [0, 0.05) is 6.92 Å². The highest BCUT2D eigenvalue weighted by Gasteiger charge is 2.45. The Hall–Kier alpha value is -3.92. The van der Waals surface area contributed by atoms with E-state index in [1.165, 1.54) is 0 Å². The average Bonchev–Trinajstić information content (AvgIpc) is 2.81. The van der Waals surface area contributed by atoms with Gasteiger partial charge in [0.15, 0.2) is 0 Å². The highest BCUT2D eigenvalue weighted by molar-refractivity contribution is 6.79. The summed E-state index contributed by atoms with van der Waals surface area (Å²) in [4.78, 5) is 50.3. The molecular weight excluding hydrogens is 388 g/mol. The fourth-order valence-corrected chi connectivity index (χ4v) is 4.20. The average molecular weight is 408 g/mol. The number of hydrogen-bond donors (Lipinski definition) is 0. The van der Waals surface area contributed by atoms with Gasteiger partial charge in [0.25, 0.3) is 11.6 Å². The first-order chi connectivity index (χ1) is 14.9. The molecule has 0 atom stereocenters. The number of benzene rings is 4. The second-order valence-corrected chi connectivity index (χ2v) is 7.72. The Morgan fingerprint density at radius 2 is 1.00 bits per heavy atom. The molecule has 0 spiro atoms. The smallest absolute Gasteiger partial charge is 0.273 e. The molecule has 0 heterocycles. The molecule has 0 saturated heterocycles. The number of ketones is 4. The third-order valence-corrected chi connectivity index (χ3v) is 5.84. The van der Waals surface area contributed by atoms with Crippen LogP contribution in [0.3, 0.4) is 0 Å². The Bertz CT molecular complexity index is 1290. The highest BCUT2D eigenvalue weighted by atomic mass is 16.2. The number of fused-ring (bicyclic) bond motifs is 2. The number of hydrogen-bond acceptors (Lipinski definition) is 4. The first kappa shape index (κ1) is 20.4. The molecule has 0 aromatic heterocycles. The molecule has 0 fully saturated rings. The molecule has 0 radical (unpaired) electrons. The normalized spacial score (nSPS) is 11.4. The molecule has 0 amide bonds. The maximum Gasteiger partial charge on any atom is 0.273 e. The molecule has 4 rings (SSSR count). The lowest BCUT2D eigenvalue weighted by molar-refractivity contribution is -0.148. The SMILES string of the molecule is CC(=O)C(=O)C(=O)C(=O)C(C)(c1cccc2ccccc12)c1cccc2ccccc12. The summed E-state index contributed by atoms with van der Waals surface area (Å²) in [5.41, 5.74) is -0.252. The molecule has 0 aliphatic heterocycles. The summed E-state index contributed by atoms with van der Waals surface area (Å²) in [7, 11) is 0. The van der Waals surface area contributed by atoms with Gasteiger partial charge in [0.2, 0.25) is 11.6 Å². The van der Waals surface area contributed by atoms with E-state index >= 15 is 0 Å². The van der Waals surface area contributed by atoms with Crippen LogP contribution in [0.1, 0.15) is 25.0 Å². The van der Waals surface area contributed by atoms with E-state index in [-0.39, 0.29) is 0 Å². The summed E-state index contributed by atoms with van der Waals surface area (Å²) >= 11 is 0. The van der Waals surface area contributed by atoms with Crippen LogP contribution in [0.5, 0.6) is 0 Å². The Balaban J connectivity index is 2.08. The lowest BCUT2D eigenvalue weighted by Crippen LogP contribution is -2.43. The van der Waals surface area contributed by atoms with E-state index in [4.69, 9.17) is 0 Å². The zero-order valence-electron chi connectivity index (χ0n) is 17.2. The van der Waals surface area contributed by atoms with Gasteiger partial charge in [0.1, 0.15) is 0 Å². The monoisotopic (exact) mass is 408 g/mol. The first-order valence-electron chi connectivity index (χ1n) is 9.96. The Labute approximate surface area is 179 Å². The van der Waals surface area contributed by atoms with Crippen molar-refractivity contribution in [2.24, 2.45) is 0 Å². The van der Waals surface area contributed by atoms with Crippen molar-refractivity contribution >= 4 is 44.7 Å². The van der Waals surface area contributed by atoms with Gasteiger partial charge >= 0.3 is 0 Å². The third-order valence-electron chi connectivity index (χ3n) is 5.84. The van der Waals surface area contributed by atoms with Gasteiger partial charge in [-0.1, -0.05) is 84.9 Å². The van der Waals surface area contributed by atoms with Crippen molar-refractivity contribution in [1.29, 1.82) is 0 Å². The Morgan fingerprint density at radius 3 is 1.45 bits per heavy atom. The minimum absolute atomic E-state index is 0.608. The van der Waals surface area contributed by atoms with Crippen molar-refractivity contribution < 1.29 is 19.2 Å². The summed E-state index contributed by atoms with van der Waals surface area (Å²) in [5.74, 6) is -4.45. The molecule has 0 bridgehead atoms. The van der Waals surface area contributed by atoms with Gasteiger partial charge < -0.3 is 0 Å². The van der Waals surface area contributed by atoms with Crippen molar-refractivity contribution in [2.75, 3.05) is 0 Å². The number of rotatable bonds is 6. The standard InChI is InChI=1S/C27H20O4/c1-17(28)24(29)25(30)26(31)27(2,22-15-7-11-18-9-3-5-13-20(18)22)23-16-8-12-19-10-4-6-14-21(19)23/h3-16H,1-2H3. The van der Waals surface area contributed by atoms with Crippen LogP contribution in [0.15, 0.2) is 84.9 Å². The van der Waals surface area contributed by atoms with E-state index in [0.29, 0.717) is 11.1 Å². The van der Waals surface area contributed by atoms with Gasteiger partial charge in [0.05, 0.1) is 5.41 Å². The van der Waals surface area contributed by atoms with E-state index in [0.717, 1.165) is 28.5 Å². The zero-order valence-corrected chi connectivity index (χ0v) is 17.2. The van der Waals surface area contributed by atoms with Crippen LogP contribution >= 0.6 is 0 Å². The summed E-state index contributed by atoms with van der Waals surface area (Å²) in [5, 5.41) is 3.42. The summed E-state index contributed by atoms with van der Waals surface area (Å²) in [6.45, 7) is 2.66. The number of carbonyl (C=O) groups excluding carboxylic acids is 4. The van der Waals surface area contributed by atoms with Gasteiger partial charge in [-0.25, -0.2) is 0 Å². The van der Waals surface area contributed by atoms with Gasteiger partial charge in [-0.2, -0.15) is 0 Å². The molecule has 0 aliphatic carbocycles. The van der Waals surface area contributed by atoms with Crippen molar-refractivity contribution in [1.82, 2.24) is 0 Å². The summed E-state index contributed by atoms with van der Waals surface area (Å²) in [6, 6.07) is 26.2. The van der Waals surface area contributed by atoms with Crippen molar-refractivity contribution in [3.63, 3.8) is 0 Å². The molecule has 4 aromatic rings. The predicted octanol–water partition coefficient (Wildman–Crippen LogP) is 4.60. The summed E-state index contributed by atoms with van der Waals surface area (Å²) < 4.78 is 0. The highest BCUT2D eigenvalue weighted by Crippen LogP contribution is 2.40. The molecule has 4 aromatic carbocycles. The molecule has 4 heteroatoms. The lowest BCUT2D eigenvalue weighted by Gasteiger charge is -2.31. The largest absolute Gasteiger partial charge is 0.291 e. The predicted molar refractivity (Wildman–Crippen MR) is 120 cm³/mol. The Kier molecular flexibility index (Phi) is 5.07. The molecule has 0 N–H and O–H groups in total. The second-order valence-electron chi connectivity index (χ2n) is 7.72. The minimum atomic E-state index is -1.47. The summed E-state index contributed by atoms with van der Waals surface area (Å²) in [6.07, 6.45) is 0. The quantitative estimate of drug-likeness (QED) is 0.346. The van der Waals surface area contributed by atoms with Crippen molar-refractivity contribution in [3.05, 3.63) is 96.1 Å². The minimum Gasteiger partial charge on any atom is -0.291 e. The first-order valence-corrected chi connectivity index (χ1v) is 9.96. The fourth-order valence-electron chi connectivity index (χ4n) is 4.20. The molecule has 152 valence electrons. The molecule has 4 nitrogen and oxygen atoms in total. The van der Waals surface area contributed by atoms with Gasteiger partial charge in [-0.15, -0.1) is 0 Å². The molecule has 0 saturated carbocycles. The second kappa shape index (κ2) is 7.73. The maximum atomic E-state index is 13.7. The van der Waals surface area contributed by atoms with Crippen LogP contribution in [0, 0.1) is 0 Å². The van der Waals surface area contributed by atoms with E-state index in [9.17, 15) is 19.2 Å². The van der Waals surface area contributed by atoms with E-state index in [2.05, 4.69) is 0 Å². The van der Waals surface area contributed by atoms with Crippen LogP contribution in [0.4, 0.5) is 0 Å². The van der Waals surface area contributed by atoms with Crippen molar-refractivity contribution in [3.8, 4) is 0 Å². The molecule has 0 unspecified atom stereocenters. The van der Waals surface area contributed by atoms with Crippen LogP contribution < -0.4 is 0 Å². The Morgan fingerprint density at radius 1 is 0.581 bits per heavy atom. The van der Waals surface area contributed by atoms with E-state index < -0.39 is 28.5 Å². The topological polar surface area (TPSA) is 68.3 Å². The van der Waals surface area contributed by atoms with Crippen LogP contribution in [0.25, 0.3) is 21.5 Å². The van der Waals surface area contributed by atoms with Crippen LogP contribution in [-0.2, 0) is 24.6 Å². The van der Waals surface area contributed by atoms with Gasteiger partial charge in [-0.05, 0) is 39.6 Å². The molecular formula is C27H20O4.